The van der Waals surface area contributed by atoms with Crippen LogP contribution in [0, 0.1) is 6.92 Å². The van der Waals surface area contributed by atoms with E-state index in [1.54, 1.807) is 10.4 Å². The number of hydrogen-bond acceptors (Lipinski definition) is 2. The first-order chi connectivity index (χ1) is 7.81. The Morgan fingerprint density at radius 3 is 2.88 bits per heavy atom. The number of hydrogen-bond donors (Lipinski definition) is 1. The maximum Gasteiger partial charge on any atom is 0.0219 e. The van der Waals surface area contributed by atoms with Crippen LogP contribution < -0.4 is 5.32 Å². The molecule has 90 valence electrons. The van der Waals surface area contributed by atoms with Crippen molar-refractivity contribution in [2.45, 2.75) is 65.0 Å². The second kappa shape index (κ2) is 5.83. The van der Waals surface area contributed by atoms with E-state index in [1.165, 1.54) is 44.1 Å². The van der Waals surface area contributed by atoms with Gasteiger partial charge in [0, 0.05) is 17.5 Å². The predicted molar refractivity (Wildman–Crippen MR) is 72.1 cm³/mol. The van der Waals surface area contributed by atoms with Gasteiger partial charge in [-0.15, -0.1) is 11.3 Å². The molecule has 0 atom stereocenters. The summed E-state index contributed by atoms with van der Waals surface area (Å²) in [6.07, 6.45) is 8.09. The van der Waals surface area contributed by atoms with Crippen LogP contribution in [0.15, 0.2) is 5.38 Å². The Kier molecular flexibility index (Phi) is 4.42. The third kappa shape index (κ3) is 3.33. The standard InChI is InChI=1S/C14H23NS/c1-3-4-5-6-14-11(2)12(10-16-14)9-15-13-7-8-13/h10,13,15H,3-9H2,1-2H3. The van der Waals surface area contributed by atoms with E-state index in [0.29, 0.717) is 0 Å². The van der Waals surface area contributed by atoms with E-state index in [4.69, 9.17) is 0 Å². The van der Waals surface area contributed by atoms with Crippen molar-refractivity contribution in [3.8, 4) is 0 Å². The number of aryl methyl sites for hydroxylation is 1. The minimum absolute atomic E-state index is 0.822. The molecule has 0 aromatic carbocycles. The van der Waals surface area contributed by atoms with Crippen LogP contribution in [0.1, 0.15) is 55.0 Å². The van der Waals surface area contributed by atoms with Gasteiger partial charge < -0.3 is 5.32 Å². The quantitative estimate of drug-likeness (QED) is 0.706. The molecule has 1 aliphatic carbocycles. The smallest absolute Gasteiger partial charge is 0.0219 e. The van der Waals surface area contributed by atoms with Gasteiger partial charge in [-0.05, 0) is 49.1 Å². The fraction of sp³-hybridized carbons (Fsp3) is 0.714. The zero-order chi connectivity index (χ0) is 11.4. The molecule has 1 aromatic heterocycles. The molecule has 16 heavy (non-hydrogen) atoms. The molecule has 1 saturated carbocycles. The van der Waals surface area contributed by atoms with E-state index in [0.717, 1.165) is 12.6 Å². The summed E-state index contributed by atoms with van der Waals surface area (Å²) < 4.78 is 0. The Labute approximate surface area is 103 Å². The van der Waals surface area contributed by atoms with Crippen molar-refractivity contribution in [1.82, 2.24) is 5.32 Å². The normalized spacial score (nSPS) is 15.6. The molecule has 1 N–H and O–H groups in total. The fourth-order valence-corrected chi connectivity index (χ4v) is 3.11. The van der Waals surface area contributed by atoms with Gasteiger partial charge in [0.05, 0.1) is 0 Å². The summed E-state index contributed by atoms with van der Waals surface area (Å²) in [5.74, 6) is 0. The van der Waals surface area contributed by atoms with Crippen molar-refractivity contribution in [1.29, 1.82) is 0 Å². The Balaban J connectivity index is 1.83. The summed E-state index contributed by atoms with van der Waals surface area (Å²) in [6.45, 7) is 5.65. The zero-order valence-electron chi connectivity index (χ0n) is 10.5. The van der Waals surface area contributed by atoms with Crippen molar-refractivity contribution in [2.24, 2.45) is 0 Å². The number of nitrogens with one attached hydrogen (secondary N) is 1. The molecule has 0 amide bonds. The SMILES string of the molecule is CCCCCc1scc(CNC2CC2)c1C. The molecule has 1 fully saturated rings. The maximum atomic E-state index is 3.60. The van der Waals surface area contributed by atoms with Crippen molar-refractivity contribution in [2.75, 3.05) is 0 Å². The summed E-state index contributed by atoms with van der Waals surface area (Å²) in [7, 11) is 0. The third-order valence-electron chi connectivity index (χ3n) is 3.41. The van der Waals surface area contributed by atoms with E-state index in [1.807, 2.05) is 11.3 Å². The van der Waals surface area contributed by atoms with E-state index >= 15 is 0 Å². The fourth-order valence-electron chi connectivity index (χ4n) is 2.00. The molecule has 0 aliphatic heterocycles. The van der Waals surface area contributed by atoms with Gasteiger partial charge in [-0.2, -0.15) is 0 Å². The highest BCUT2D eigenvalue weighted by Gasteiger charge is 2.20. The minimum Gasteiger partial charge on any atom is -0.310 e. The van der Waals surface area contributed by atoms with Crippen LogP contribution in [0.2, 0.25) is 0 Å². The summed E-state index contributed by atoms with van der Waals surface area (Å²) in [6, 6.07) is 0.822. The lowest BCUT2D eigenvalue weighted by Crippen LogP contribution is -2.15. The van der Waals surface area contributed by atoms with Crippen LogP contribution >= 0.6 is 11.3 Å². The average molecular weight is 237 g/mol. The molecule has 0 radical (unpaired) electrons. The van der Waals surface area contributed by atoms with Gasteiger partial charge in [-0.25, -0.2) is 0 Å². The van der Waals surface area contributed by atoms with E-state index in [2.05, 4.69) is 24.5 Å². The molecule has 0 bridgehead atoms. The topological polar surface area (TPSA) is 12.0 Å². The van der Waals surface area contributed by atoms with Gasteiger partial charge in [-0.3, -0.25) is 0 Å². The summed E-state index contributed by atoms with van der Waals surface area (Å²) in [5.41, 5.74) is 3.08. The molecule has 2 heteroatoms. The monoisotopic (exact) mass is 237 g/mol. The molecular formula is C14H23NS. The van der Waals surface area contributed by atoms with Gasteiger partial charge in [0.2, 0.25) is 0 Å². The first-order valence-corrected chi connectivity index (χ1v) is 7.48. The molecule has 0 saturated heterocycles. The lowest BCUT2D eigenvalue weighted by molar-refractivity contribution is 0.684. The first-order valence-electron chi connectivity index (χ1n) is 6.60. The summed E-state index contributed by atoms with van der Waals surface area (Å²) in [5, 5.41) is 5.95. The second-order valence-electron chi connectivity index (χ2n) is 4.92. The highest BCUT2D eigenvalue weighted by molar-refractivity contribution is 7.10. The molecule has 2 rings (SSSR count). The third-order valence-corrected chi connectivity index (χ3v) is 4.61. The summed E-state index contributed by atoms with van der Waals surface area (Å²) >= 11 is 1.96. The van der Waals surface area contributed by atoms with Crippen LogP contribution in [-0.4, -0.2) is 6.04 Å². The average Bonchev–Trinajstić information content (AvgIpc) is 3.04. The zero-order valence-corrected chi connectivity index (χ0v) is 11.3. The Bertz CT molecular complexity index is 325. The van der Waals surface area contributed by atoms with Gasteiger partial charge in [0.25, 0.3) is 0 Å². The molecule has 1 heterocycles. The van der Waals surface area contributed by atoms with E-state index in [9.17, 15) is 0 Å². The maximum absolute atomic E-state index is 3.60. The van der Waals surface area contributed by atoms with Crippen molar-refractivity contribution >= 4 is 11.3 Å². The summed E-state index contributed by atoms with van der Waals surface area (Å²) in [4.78, 5) is 1.61. The molecule has 1 aliphatic rings. The van der Waals surface area contributed by atoms with Crippen LogP contribution in [0.3, 0.4) is 0 Å². The Morgan fingerprint density at radius 2 is 2.19 bits per heavy atom. The van der Waals surface area contributed by atoms with Gasteiger partial charge in [0.15, 0.2) is 0 Å². The largest absolute Gasteiger partial charge is 0.310 e. The highest BCUT2D eigenvalue weighted by Crippen LogP contribution is 2.25. The molecule has 1 nitrogen and oxygen atoms in total. The molecule has 0 spiro atoms. The number of rotatable bonds is 7. The van der Waals surface area contributed by atoms with Gasteiger partial charge in [0.1, 0.15) is 0 Å². The number of unbranched alkanes of at least 4 members (excludes halogenated alkanes) is 2. The van der Waals surface area contributed by atoms with E-state index < -0.39 is 0 Å². The molecular weight excluding hydrogens is 214 g/mol. The lowest BCUT2D eigenvalue weighted by atomic mass is 10.1. The van der Waals surface area contributed by atoms with Crippen molar-refractivity contribution < 1.29 is 0 Å². The lowest BCUT2D eigenvalue weighted by Gasteiger charge is -2.03. The molecule has 1 aromatic rings. The van der Waals surface area contributed by atoms with Gasteiger partial charge in [-0.1, -0.05) is 19.8 Å². The Morgan fingerprint density at radius 1 is 1.38 bits per heavy atom. The Hall–Kier alpha value is -0.340. The second-order valence-corrected chi connectivity index (χ2v) is 5.89. The van der Waals surface area contributed by atoms with Crippen LogP contribution in [-0.2, 0) is 13.0 Å². The van der Waals surface area contributed by atoms with Crippen LogP contribution in [0.5, 0.6) is 0 Å². The molecule has 0 unspecified atom stereocenters. The van der Waals surface area contributed by atoms with Crippen LogP contribution in [0.25, 0.3) is 0 Å². The van der Waals surface area contributed by atoms with Crippen molar-refractivity contribution in [3.63, 3.8) is 0 Å². The predicted octanol–water partition coefficient (Wildman–Crippen LogP) is 4.04. The van der Waals surface area contributed by atoms with Crippen LogP contribution in [0.4, 0.5) is 0 Å². The minimum atomic E-state index is 0.822. The first kappa shape index (κ1) is 12.1. The van der Waals surface area contributed by atoms with E-state index in [-0.39, 0.29) is 0 Å². The highest BCUT2D eigenvalue weighted by atomic mass is 32.1. The van der Waals surface area contributed by atoms with Gasteiger partial charge >= 0.3 is 0 Å². The van der Waals surface area contributed by atoms with Crippen molar-refractivity contribution in [3.05, 3.63) is 21.4 Å². The number of thiophene rings is 1.